The number of hydrogen-bond donors (Lipinski definition) is 0. The molecule has 0 bridgehead atoms. The van der Waals surface area contributed by atoms with E-state index in [0.29, 0.717) is 0 Å². The SMILES string of the molecule is Cc1ccc2c(c1)C(c1[c-]c(N3[CH-]N(C)c4ccccc43)ccc1)(c1cc[n-]n1)c1cc(C)ccc1-2.Cc1ccc2c(c1)C(c1[c-]c(N3[CH-]N(C)c4ccccc43)ccc1)(c1cc[n-]n1)c1cc(C)ccc1-2.[Pt].[Pt]. The Bertz CT molecular complexity index is 3390. The van der Waals surface area contributed by atoms with Crippen molar-refractivity contribution in [2.75, 3.05) is 33.7 Å². The van der Waals surface area contributed by atoms with Crippen molar-refractivity contribution in [3.8, 4) is 22.3 Å². The van der Waals surface area contributed by atoms with Crippen molar-refractivity contribution in [2.24, 2.45) is 0 Å². The van der Waals surface area contributed by atoms with Crippen LogP contribution < -0.4 is 29.8 Å². The molecule has 0 atom stereocenters. The molecule has 2 aliphatic carbocycles. The first-order chi connectivity index (χ1) is 35.1. The fraction of sp³-hybridized carbons (Fsp3) is 0.125. The predicted molar refractivity (Wildman–Crippen MR) is 289 cm³/mol. The molecule has 0 saturated heterocycles. The van der Waals surface area contributed by atoms with E-state index >= 15 is 0 Å². The first kappa shape index (κ1) is 49.0. The molecule has 0 fully saturated rings. The first-order valence-corrected chi connectivity index (χ1v) is 24.5. The molecule has 2 aliphatic heterocycles. The van der Waals surface area contributed by atoms with Crippen LogP contribution in [0.3, 0.4) is 0 Å². The normalized spacial score (nSPS) is 14.7. The van der Waals surface area contributed by atoms with Crippen molar-refractivity contribution in [1.82, 2.24) is 20.4 Å². The number of rotatable bonds is 6. The molecule has 10 heteroatoms. The van der Waals surface area contributed by atoms with Crippen LogP contribution in [0.15, 0.2) is 182 Å². The van der Waals surface area contributed by atoms with Gasteiger partial charge < -0.3 is 40.0 Å². The van der Waals surface area contributed by atoms with E-state index in [1.54, 1.807) is 12.4 Å². The van der Waals surface area contributed by atoms with Gasteiger partial charge >= 0.3 is 0 Å². The Morgan fingerprint density at radius 2 is 0.743 bits per heavy atom. The maximum atomic E-state index is 4.68. The summed E-state index contributed by atoms with van der Waals surface area (Å²) in [5.41, 5.74) is 24.3. The van der Waals surface area contributed by atoms with Crippen LogP contribution >= 0.6 is 0 Å². The molecule has 0 unspecified atom stereocenters. The number of nitrogens with zero attached hydrogens (tertiary/aromatic N) is 8. The molecule has 0 saturated carbocycles. The average Bonchev–Trinajstić information content (AvgIpc) is 4.28. The van der Waals surface area contributed by atoms with Gasteiger partial charge in [0.2, 0.25) is 0 Å². The van der Waals surface area contributed by atoms with E-state index in [-0.39, 0.29) is 42.1 Å². The number of para-hydroxylation sites is 4. The van der Waals surface area contributed by atoms with Crippen molar-refractivity contribution in [2.45, 2.75) is 38.5 Å². The molecule has 4 aliphatic rings. The molecule has 0 amide bonds. The van der Waals surface area contributed by atoms with Gasteiger partial charge in [-0.3, -0.25) is 0 Å². The zero-order valence-corrected chi connectivity index (χ0v) is 46.2. The van der Waals surface area contributed by atoms with E-state index in [4.69, 9.17) is 0 Å². The Morgan fingerprint density at radius 3 is 1.07 bits per heavy atom. The van der Waals surface area contributed by atoms with Gasteiger partial charge in [0.25, 0.3) is 0 Å². The minimum Gasteiger partial charge on any atom is -0.581 e. The minimum absolute atomic E-state index is 0. The predicted octanol–water partition coefficient (Wildman–Crippen LogP) is 13.0. The Labute approximate surface area is 462 Å². The van der Waals surface area contributed by atoms with Crippen LogP contribution in [-0.4, -0.2) is 24.3 Å². The van der Waals surface area contributed by atoms with Crippen molar-refractivity contribution in [3.63, 3.8) is 0 Å². The topological polar surface area (TPSA) is 66.9 Å². The third-order valence-electron chi connectivity index (χ3n) is 15.1. The number of hydrogen-bond acceptors (Lipinski definition) is 6. The smallest absolute Gasteiger partial charge is 0.0644 e. The van der Waals surface area contributed by atoms with Crippen molar-refractivity contribution >= 4 is 34.1 Å². The average molecular weight is 1320 g/mol. The molecular formula is C64H50N8Pt2-6. The zero-order chi connectivity index (χ0) is 48.9. The van der Waals surface area contributed by atoms with E-state index in [1.807, 2.05) is 0 Å². The summed E-state index contributed by atoms with van der Waals surface area (Å²) in [4.78, 5) is 8.74. The molecule has 2 aromatic heterocycles. The minimum atomic E-state index is -0.597. The third-order valence-corrected chi connectivity index (χ3v) is 15.1. The van der Waals surface area contributed by atoms with Gasteiger partial charge in [-0.1, -0.05) is 131 Å². The monoisotopic (exact) mass is 1320 g/mol. The number of fused-ring (bicyclic) bond motifs is 8. The molecule has 74 heavy (non-hydrogen) atoms. The van der Waals surface area contributed by atoms with E-state index < -0.39 is 10.8 Å². The van der Waals surface area contributed by atoms with Crippen LogP contribution in [0.5, 0.6) is 0 Å². The fourth-order valence-corrected chi connectivity index (χ4v) is 11.9. The van der Waals surface area contributed by atoms with E-state index in [2.05, 4.69) is 277 Å². The quantitative estimate of drug-likeness (QED) is 0.153. The van der Waals surface area contributed by atoms with Crippen molar-refractivity contribution in [3.05, 3.63) is 275 Å². The molecule has 0 N–H and O–H groups in total. The number of aryl methyl sites for hydroxylation is 4. The molecule has 14 rings (SSSR count). The second kappa shape index (κ2) is 18.9. The summed E-state index contributed by atoms with van der Waals surface area (Å²) in [6.07, 6.45) is 3.59. The second-order valence-electron chi connectivity index (χ2n) is 19.6. The van der Waals surface area contributed by atoms with E-state index in [1.165, 1.54) is 78.1 Å². The van der Waals surface area contributed by atoms with E-state index in [9.17, 15) is 0 Å². The number of aromatic nitrogens is 4. The molecule has 8 nitrogen and oxygen atoms in total. The first-order valence-electron chi connectivity index (χ1n) is 24.5. The van der Waals surface area contributed by atoms with Gasteiger partial charge in [0.15, 0.2) is 0 Å². The summed E-state index contributed by atoms with van der Waals surface area (Å²) in [5.74, 6) is 0. The van der Waals surface area contributed by atoms with Gasteiger partial charge in [-0.05, 0) is 111 Å². The van der Waals surface area contributed by atoms with Crippen LogP contribution in [0.2, 0.25) is 0 Å². The molecule has 0 spiro atoms. The summed E-state index contributed by atoms with van der Waals surface area (Å²) >= 11 is 0. The van der Waals surface area contributed by atoms with Crippen LogP contribution in [-0.2, 0) is 53.0 Å². The number of benzene rings is 8. The van der Waals surface area contributed by atoms with E-state index in [0.717, 1.165) is 45.3 Å². The summed E-state index contributed by atoms with van der Waals surface area (Å²) < 4.78 is 0. The van der Waals surface area contributed by atoms with Crippen molar-refractivity contribution in [1.29, 1.82) is 0 Å². The maximum Gasteiger partial charge on any atom is 0.0644 e. The van der Waals surface area contributed by atoms with Gasteiger partial charge in [0.05, 0.1) is 10.8 Å². The summed E-state index contributed by atoms with van der Waals surface area (Å²) in [5, 5.41) is 17.9. The van der Waals surface area contributed by atoms with Crippen LogP contribution in [0.1, 0.15) is 67.0 Å². The largest absolute Gasteiger partial charge is 0.581 e. The second-order valence-corrected chi connectivity index (χ2v) is 19.6. The third kappa shape index (κ3) is 7.39. The fourth-order valence-electron chi connectivity index (χ4n) is 11.9. The number of anilines is 6. The van der Waals surface area contributed by atoms with Crippen LogP contribution in [0.25, 0.3) is 22.3 Å². The zero-order valence-electron chi connectivity index (χ0n) is 41.7. The molecular weight excluding hydrogens is 1270 g/mol. The Hall–Kier alpha value is -7.24. The maximum absolute atomic E-state index is 4.68. The van der Waals surface area contributed by atoms with Gasteiger partial charge in [-0.25, -0.2) is 0 Å². The Kier molecular flexibility index (Phi) is 12.5. The molecule has 0 radical (unpaired) electrons. The molecule has 372 valence electrons. The van der Waals surface area contributed by atoms with Gasteiger partial charge in [-0.2, -0.15) is 74.3 Å². The van der Waals surface area contributed by atoms with Gasteiger partial charge in [0, 0.05) is 76.3 Å². The van der Waals surface area contributed by atoms with Crippen LogP contribution in [0.4, 0.5) is 34.1 Å². The van der Waals surface area contributed by atoms with Crippen LogP contribution in [0, 0.1) is 53.2 Å². The van der Waals surface area contributed by atoms with Gasteiger partial charge in [0.1, 0.15) is 0 Å². The summed E-state index contributed by atoms with van der Waals surface area (Å²) in [7, 11) is 4.16. The molecule has 10 aromatic rings. The Morgan fingerprint density at radius 1 is 0.405 bits per heavy atom. The Balaban J connectivity index is 0.000000155. The van der Waals surface area contributed by atoms with Gasteiger partial charge in [-0.15, -0.1) is 22.5 Å². The molecule has 4 heterocycles. The molecule has 8 aromatic carbocycles. The van der Waals surface area contributed by atoms with Crippen molar-refractivity contribution < 1.29 is 42.1 Å². The summed E-state index contributed by atoms with van der Waals surface area (Å²) in [6.45, 7) is 12.9. The summed E-state index contributed by atoms with van der Waals surface area (Å²) in [6, 6.07) is 68.6. The standard InChI is InChI=1S/2C32H25N4.2Pt/c2*1-21-11-13-25-26-14-12-22(2)18-28(26)32(27(25)17-21,31-15-16-33-34-31)23-7-6-8-24(19-23)36-20-35(3)29-9-4-5-10-30(29)36;;/h2*4-18,20H,1-3H3;;/q2*-3;;.